The first-order valence-corrected chi connectivity index (χ1v) is 9.15. The van der Waals surface area contributed by atoms with Gasteiger partial charge in [0, 0.05) is 5.56 Å². The first-order chi connectivity index (χ1) is 13.5. The number of aromatic nitrogens is 4. The predicted molar refractivity (Wildman–Crippen MR) is 101 cm³/mol. The molecule has 0 saturated heterocycles. The largest absolute Gasteiger partial charge is 0.545 e. The highest BCUT2D eigenvalue weighted by Crippen LogP contribution is 2.26. The molecule has 0 saturated carbocycles. The lowest BCUT2D eigenvalue weighted by Gasteiger charge is -2.14. The number of rotatable bonds is 7. The maximum atomic E-state index is 12.4. The maximum Gasteiger partial charge on any atom is 0.234 e. The number of carboxylic acids is 1. The Morgan fingerprint density at radius 2 is 2.00 bits per heavy atom. The number of nitrogens with one attached hydrogen (secondary N) is 1. The third-order valence-electron chi connectivity index (χ3n) is 3.84. The molecule has 0 radical (unpaired) electrons. The molecule has 0 aliphatic carbocycles. The molecule has 0 fully saturated rings. The summed E-state index contributed by atoms with van der Waals surface area (Å²) in [6.07, 6.45) is 0. The van der Waals surface area contributed by atoms with Gasteiger partial charge in [-0.2, -0.15) is 4.68 Å². The highest BCUT2D eigenvalue weighted by molar-refractivity contribution is 7.99. The summed E-state index contributed by atoms with van der Waals surface area (Å²) in [6, 6.07) is 11.9. The third kappa shape index (κ3) is 4.12. The summed E-state index contributed by atoms with van der Waals surface area (Å²) >= 11 is 1.11. The lowest BCUT2D eigenvalue weighted by molar-refractivity contribution is -0.254. The molecule has 0 spiro atoms. The van der Waals surface area contributed by atoms with Crippen molar-refractivity contribution in [2.45, 2.75) is 12.1 Å². The van der Waals surface area contributed by atoms with E-state index < -0.39 is 11.9 Å². The van der Waals surface area contributed by atoms with Crippen molar-refractivity contribution in [1.29, 1.82) is 0 Å². The Bertz CT molecular complexity index is 1020. The van der Waals surface area contributed by atoms with Gasteiger partial charge in [-0.15, -0.1) is 5.10 Å². The van der Waals surface area contributed by atoms with Gasteiger partial charge in [0.05, 0.1) is 24.5 Å². The van der Waals surface area contributed by atoms with E-state index in [-0.39, 0.29) is 17.0 Å². The van der Waals surface area contributed by atoms with Crippen LogP contribution in [-0.2, 0) is 4.79 Å². The number of carbonyl (C=O) groups excluding carboxylic acids is 2. The fourth-order valence-electron chi connectivity index (χ4n) is 2.53. The van der Waals surface area contributed by atoms with E-state index in [0.717, 1.165) is 11.8 Å². The molecule has 0 atom stereocenters. The Labute approximate surface area is 164 Å². The number of carbonyl (C=O) groups is 2. The molecule has 144 valence electrons. The molecule has 1 amide bonds. The topological polar surface area (TPSA) is 122 Å². The lowest BCUT2D eigenvalue weighted by atomic mass is 10.1. The molecule has 1 N–H and O–H groups in total. The highest BCUT2D eigenvalue weighted by atomic mass is 32.2. The van der Waals surface area contributed by atoms with Crippen LogP contribution < -0.4 is 15.2 Å². The number of para-hydroxylation sites is 3. The predicted octanol–water partition coefficient (Wildman–Crippen LogP) is 1.07. The Morgan fingerprint density at radius 3 is 2.75 bits per heavy atom. The summed E-state index contributed by atoms with van der Waals surface area (Å²) in [5.41, 5.74) is 1.41. The van der Waals surface area contributed by atoms with Gasteiger partial charge >= 0.3 is 0 Å². The van der Waals surface area contributed by atoms with Crippen LogP contribution in [0.4, 0.5) is 5.69 Å². The molecule has 1 heterocycles. The number of thioether (sulfide) groups is 1. The summed E-state index contributed by atoms with van der Waals surface area (Å²) in [5, 5.41) is 25.8. The van der Waals surface area contributed by atoms with Crippen LogP contribution in [0, 0.1) is 6.92 Å². The summed E-state index contributed by atoms with van der Waals surface area (Å²) in [7, 11) is 1.54. The molecule has 0 bridgehead atoms. The van der Waals surface area contributed by atoms with Crippen LogP contribution in [0.5, 0.6) is 5.75 Å². The number of methoxy groups -OCH3 is 1. The summed E-state index contributed by atoms with van der Waals surface area (Å²) in [5.74, 6) is -1.18. The standard InChI is InChI=1S/C18H17N5O4S/c1-11-6-5-7-12(17(25)26)16(11)19-15(24)10-28-18-20-21-22-23(18)13-8-3-4-9-14(13)27-2/h3-9H,10H2,1-2H3,(H,19,24)(H,25,26)/p-1. The van der Waals surface area contributed by atoms with Crippen LogP contribution in [-0.4, -0.2) is 44.9 Å². The molecular formula is C18H16N5O4S-. The second-order valence-electron chi connectivity index (χ2n) is 5.67. The van der Waals surface area contributed by atoms with Gasteiger partial charge in [0.1, 0.15) is 11.4 Å². The number of benzene rings is 2. The molecule has 28 heavy (non-hydrogen) atoms. The number of ether oxygens (including phenoxy) is 1. The van der Waals surface area contributed by atoms with Crippen molar-refractivity contribution < 1.29 is 19.4 Å². The maximum absolute atomic E-state index is 12.4. The first-order valence-electron chi connectivity index (χ1n) is 8.16. The van der Waals surface area contributed by atoms with Gasteiger partial charge in [-0.1, -0.05) is 42.1 Å². The van der Waals surface area contributed by atoms with Crippen LogP contribution in [0.1, 0.15) is 15.9 Å². The number of anilines is 1. The average molecular weight is 398 g/mol. The fourth-order valence-corrected chi connectivity index (χ4v) is 3.22. The summed E-state index contributed by atoms with van der Waals surface area (Å²) in [4.78, 5) is 23.6. The molecule has 0 unspecified atom stereocenters. The van der Waals surface area contributed by atoms with Gasteiger partial charge in [0.2, 0.25) is 11.1 Å². The van der Waals surface area contributed by atoms with E-state index in [1.54, 1.807) is 38.3 Å². The molecule has 2 aromatic carbocycles. The van der Waals surface area contributed by atoms with Crippen molar-refractivity contribution in [2.24, 2.45) is 0 Å². The second-order valence-corrected chi connectivity index (χ2v) is 6.61. The average Bonchev–Trinajstić information content (AvgIpc) is 3.16. The van der Waals surface area contributed by atoms with E-state index in [9.17, 15) is 14.7 Å². The molecule has 0 aliphatic heterocycles. The lowest BCUT2D eigenvalue weighted by Crippen LogP contribution is -2.25. The molecule has 9 nitrogen and oxygen atoms in total. The van der Waals surface area contributed by atoms with Crippen LogP contribution in [0.15, 0.2) is 47.6 Å². The van der Waals surface area contributed by atoms with E-state index in [2.05, 4.69) is 20.8 Å². The summed E-state index contributed by atoms with van der Waals surface area (Å²) < 4.78 is 6.78. The Hall–Kier alpha value is -3.40. The number of tetrazole rings is 1. The third-order valence-corrected chi connectivity index (χ3v) is 4.76. The van der Waals surface area contributed by atoms with Crippen molar-refractivity contribution in [3.63, 3.8) is 0 Å². The van der Waals surface area contributed by atoms with Crippen LogP contribution in [0.25, 0.3) is 5.69 Å². The molecule has 3 rings (SSSR count). The fraction of sp³-hybridized carbons (Fsp3) is 0.167. The van der Waals surface area contributed by atoms with Gasteiger partial charge in [0.25, 0.3) is 0 Å². The highest BCUT2D eigenvalue weighted by Gasteiger charge is 2.16. The summed E-state index contributed by atoms with van der Waals surface area (Å²) in [6.45, 7) is 1.71. The van der Waals surface area contributed by atoms with E-state index in [0.29, 0.717) is 22.2 Å². The SMILES string of the molecule is COc1ccccc1-n1nnnc1SCC(=O)Nc1c(C)cccc1C(=O)[O-]. The second kappa shape index (κ2) is 8.53. The van der Waals surface area contributed by atoms with Crippen LogP contribution >= 0.6 is 11.8 Å². The number of nitrogens with zero attached hydrogens (tertiary/aromatic N) is 4. The zero-order valence-electron chi connectivity index (χ0n) is 15.1. The van der Waals surface area contributed by atoms with E-state index in [4.69, 9.17) is 4.74 Å². The van der Waals surface area contributed by atoms with E-state index in [1.807, 2.05) is 12.1 Å². The quantitative estimate of drug-likeness (QED) is 0.587. The number of amides is 1. The van der Waals surface area contributed by atoms with Crippen molar-refractivity contribution in [3.05, 3.63) is 53.6 Å². The molecule has 10 heteroatoms. The van der Waals surface area contributed by atoms with E-state index >= 15 is 0 Å². The van der Waals surface area contributed by atoms with Crippen molar-refractivity contribution in [2.75, 3.05) is 18.2 Å². The van der Waals surface area contributed by atoms with Crippen LogP contribution in [0.2, 0.25) is 0 Å². The molecule has 0 aliphatic rings. The van der Waals surface area contributed by atoms with Gasteiger partial charge in [0.15, 0.2) is 0 Å². The number of hydrogen-bond acceptors (Lipinski definition) is 8. The monoisotopic (exact) mass is 398 g/mol. The Morgan fingerprint density at radius 1 is 1.21 bits per heavy atom. The van der Waals surface area contributed by atoms with Crippen molar-refractivity contribution >= 4 is 29.3 Å². The normalized spacial score (nSPS) is 10.5. The van der Waals surface area contributed by atoms with Gasteiger partial charge in [-0.25, -0.2) is 0 Å². The minimum atomic E-state index is -1.35. The van der Waals surface area contributed by atoms with Crippen LogP contribution in [0.3, 0.4) is 0 Å². The minimum Gasteiger partial charge on any atom is -0.545 e. The zero-order valence-corrected chi connectivity index (χ0v) is 15.9. The zero-order chi connectivity index (χ0) is 20.1. The van der Waals surface area contributed by atoms with E-state index in [1.165, 1.54) is 10.7 Å². The van der Waals surface area contributed by atoms with Crippen molar-refractivity contribution in [3.8, 4) is 11.4 Å². The van der Waals surface area contributed by atoms with Gasteiger partial charge < -0.3 is 20.0 Å². The Kier molecular flexibility index (Phi) is 5.90. The van der Waals surface area contributed by atoms with Gasteiger partial charge in [-0.3, -0.25) is 4.79 Å². The molecular weight excluding hydrogens is 382 g/mol. The number of hydrogen-bond donors (Lipinski definition) is 1. The number of aromatic carboxylic acids is 1. The molecule has 3 aromatic rings. The number of aryl methyl sites for hydroxylation is 1. The molecule has 1 aromatic heterocycles. The van der Waals surface area contributed by atoms with Gasteiger partial charge in [-0.05, 0) is 35.0 Å². The first kappa shape index (κ1) is 19.4. The van der Waals surface area contributed by atoms with Crippen molar-refractivity contribution in [1.82, 2.24) is 20.2 Å². The smallest absolute Gasteiger partial charge is 0.234 e. The number of carboxylic acid groups (broad SMARTS) is 1. The minimum absolute atomic E-state index is 0.0175. The Balaban J connectivity index is 1.74.